The fourth-order valence-corrected chi connectivity index (χ4v) is 2.46. The number of anilines is 2. The van der Waals surface area contributed by atoms with Crippen molar-refractivity contribution in [3.63, 3.8) is 0 Å². The summed E-state index contributed by atoms with van der Waals surface area (Å²) >= 11 is 6.08. The smallest absolute Gasteiger partial charge is 0.207 e. The number of hydrogen-bond acceptors (Lipinski definition) is 2. The molecule has 0 aliphatic rings. The molecule has 3 rings (SSSR count). The van der Waals surface area contributed by atoms with E-state index >= 15 is 0 Å². The molecular formula is C16H14ClNO. The van der Waals surface area contributed by atoms with Crippen molar-refractivity contribution in [2.75, 3.05) is 11.9 Å². The highest BCUT2D eigenvalue weighted by atomic mass is 35.5. The topological polar surface area (TPSA) is 16.4 Å². The summed E-state index contributed by atoms with van der Waals surface area (Å²) in [6.45, 7) is 2.06. The summed E-state index contributed by atoms with van der Waals surface area (Å²) in [6, 6.07) is 14.0. The maximum atomic E-state index is 6.08. The van der Waals surface area contributed by atoms with Crippen molar-refractivity contribution in [1.29, 1.82) is 0 Å². The quantitative estimate of drug-likeness (QED) is 0.640. The molecule has 1 aromatic heterocycles. The Morgan fingerprint density at radius 2 is 1.89 bits per heavy atom. The van der Waals surface area contributed by atoms with E-state index in [0.717, 1.165) is 32.9 Å². The average molecular weight is 272 g/mol. The number of rotatable bonds is 2. The molecule has 2 aromatic carbocycles. The molecule has 0 bridgehead atoms. The van der Waals surface area contributed by atoms with E-state index in [2.05, 4.69) is 13.0 Å². The van der Waals surface area contributed by atoms with Crippen molar-refractivity contribution >= 4 is 33.9 Å². The van der Waals surface area contributed by atoms with E-state index in [4.69, 9.17) is 16.0 Å². The maximum Gasteiger partial charge on any atom is 0.207 e. The molecule has 0 spiro atoms. The number of halogens is 1. The molecule has 0 radical (unpaired) electrons. The predicted octanol–water partition coefficient (Wildman–Crippen LogP) is 5.16. The lowest BCUT2D eigenvalue weighted by Gasteiger charge is -2.19. The third kappa shape index (κ3) is 2.08. The van der Waals surface area contributed by atoms with Gasteiger partial charge in [0.25, 0.3) is 0 Å². The molecule has 0 aliphatic carbocycles. The highest BCUT2D eigenvalue weighted by molar-refractivity contribution is 6.30. The van der Waals surface area contributed by atoms with Gasteiger partial charge in [-0.2, -0.15) is 0 Å². The van der Waals surface area contributed by atoms with Crippen LogP contribution in [0.2, 0.25) is 5.02 Å². The van der Waals surface area contributed by atoms with Crippen molar-refractivity contribution < 1.29 is 4.42 Å². The fraction of sp³-hybridized carbons (Fsp3) is 0.125. The molecule has 0 saturated carbocycles. The van der Waals surface area contributed by atoms with Crippen LogP contribution in [-0.2, 0) is 0 Å². The van der Waals surface area contributed by atoms with Gasteiger partial charge in [0.05, 0.1) is 0 Å². The van der Waals surface area contributed by atoms with E-state index in [0.29, 0.717) is 0 Å². The van der Waals surface area contributed by atoms with E-state index in [1.807, 2.05) is 48.3 Å². The molecular weight excluding hydrogens is 258 g/mol. The molecule has 0 aliphatic heterocycles. The van der Waals surface area contributed by atoms with Gasteiger partial charge in [-0.3, -0.25) is 0 Å². The summed E-state index contributed by atoms with van der Waals surface area (Å²) in [4.78, 5) is 2.03. The Morgan fingerprint density at radius 3 is 2.74 bits per heavy atom. The fourth-order valence-electron chi connectivity index (χ4n) is 2.29. The van der Waals surface area contributed by atoms with Gasteiger partial charge in [0.15, 0.2) is 0 Å². The third-order valence-electron chi connectivity index (χ3n) is 3.33. The van der Waals surface area contributed by atoms with E-state index in [1.165, 1.54) is 0 Å². The molecule has 0 amide bonds. The normalized spacial score (nSPS) is 10.9. The first kappa shape index (κ1) is 12.1. The summed E-state index contributed by atoms with van der Waals surface area (Å²) in [5.74, 6) is 0.834. The summed E-state index contributed by atoms with van der Waals surface area (Å²) in [5.41, 5.74) is 2.21. The minimum Gasteiger partial charge on any atom is -0.447 e. The second kappa shape index (κ2) is 4.63. The molecule has 1 heterocycles. The zero-order valence-corrected chi connectivity index (χ0v) is 11.6. The van der Waals surface area contributed by atoms with Gasteiger partial charge < -0.3 is 9.32 Å². The first-order valence-corrected chi connectivity index (χ1v) is 6.51. The van der Waals surface area contributed by atoms with Gasteiger partial charge in [0, 0.05) is 28.5 Å². The summed E-state index contributed by atoms with van der Waals surface area (Å²) in [5, 5.41) is 2.93. The minimum absolute atomic E-state index is 0.725. The van der Waals surface area contributed by atoms with E-state index in [1.54, 1.807) is 6.26 Å². The monoisotopic (exact) mass is 271 g/mol. The van der Waals surface area contributed by atoms with Gasteiger partial charge >= 0.3 is 0 Å². The molecule has 2 nitrogen and oxygen atoms in total. The van der Waals surface area contributed by atoms with E-state index < -0.39 is 0 Å². The van der Waals surface area contributed by atoms with Crippen molar-refractivity contribution in [2.45, 2.75) is 6.92 Å². The summed E-state index contributed by atoms with van der Waals surface area (Å²) in [7, 11) is 1.99. The van der Waals surface area contributed by atoms with Crippen LogP contribution in [0.15, 0.2) is 53.1 Å². The van der Waals surface area contributed by atoms with Crippen molar-refractivity contribution in [3.8, 4) is 0 Å². The maximum absolute atomic E-state index is 6.08. The lowest BCUT2D eigenvalue weighted by Crippen LogP contribution is -2.10. The zero-order chi connectivity index (χ0) is 13.4. The molecule has 3 aromatic rings. The van der Waals surface area contributed by atoms with E-state index in [-0.39, 0.29) is 0 Å². The SMILES string of the molecule is Cc1ccc(Cl)cc1N(C)c1occ2ccccc12. The highest BCUT2D eigenvalue weighted by Crippen LogP contribution is 2.35. The van der Waals surface area contributed by atoms with Gasteiger partial charge in [-0.1, -0.05) is 35.9 Å². The van der Waals surface area contributed by atoms with Gasteiger partial charge in [0.2, 0.25) is 5.88 Å². The summed E-state index contributed by atoms with van der Waals surface area (Å²) in [6.07, 6.45) is 1.78. The molecule has 96 valence electrons. The first-order chi connectivity index (χ1) is 9.16. The lowest BCUT2D eigenvalue weighted by atomic mass is 10.1. The van der Waals surface area contributed by atoms with Crippen molar-refractivity contribution in [3.05, 3.63) is 59.3 Å². The van der Waals surface area contributed by atoms with Crippen LogP contribution in [-0.4, -0.2) is 7.05 Å². The van der Waals surface area contributed by atoms with E-state index in [9.17, 15) is 0 Å². The summed E-state index contributed by atoms with van der Waals surface area (Å²) < 4.78 is 5.71. The molecule has 3 heteroatoms. The number of furan rings is 1. The third-order valence-corrected chi connectivity index (χ3v) is 3.56. The Bertz CT molecular complexity index is 732. The minimum atomic E-state index is 0.725. The van der Waals surface area contributed by atoms with Crippen LogP contribution in [0.3, 0.4) is 0 Å². The molecule has 0 saturated heterocycles. The van der Waals surface area contributed by atoms with Crippen LogP contribution in [0.5, 0.6) is 0 Å². The van der Waals surface area contributed by atoms with Gasteiger partial charge in [-0.05, 0) is 30.7 Å². The number of fused-ring (bicyclic) bond motifs is 1. The zero-order valence-electron chi connectivity index (χ0n) is 10.9. The molecule has 0 fully saturated rings. The van der Waals surface area contributed by atoms with Gasteiger partial charge in [-0.25, -0.2) is 0 Å². The van der Waals surface area contributed by atoms with Crippen LogP contribution >= 0.6 is 11.6 Å². The van der Waals surface area contributed by atoms with Gasteiger partial charge in [-0.15, -0.1) is 0 Å². The lowest BCUT2D eigenvalue weighted by molar-refractivity contribution is 0.574. The molecule has 0 unspecified atom stereocenters. The molecule has 19 heavy (non-hydrogen) atoms. The Kier molecular flexibility index (Phi) is 2.96. The van der Waals surface area contributed by atoms with Crippen LogP contribution < -0.4 is 4.90 Å². The Labute approximate surface area is 117 Å². The second-order valence-corrected chi connectivity index (χ2v) is 5.05. The second-order valence-electron chi connectivity index (χ2n) is 4.62. The number of benzene rings is 2. The van der Waals surface area contributed by atoms with Crippen molar-refractivity contribution in [2.24, 2.45) is 0 Å². The first-order valence-electron chi connectivity index (χ1n) is 6.13. The van der Waals surface area contributed by atoms with Crippen molar-refractivity contribution in [1.82, 2.24) is 0 Å². The predicted molar refractivity (Wildman–Crippen MR) is 80.5 cm³/mol. The largest absolute Gasteiger partial charge is 0.447 e. The average Bonchev–Trinajstić information content (AvgIpc) is 2.84. The van der Waals surface area contributed by atoms with Crippen LogP contribution in [0, 0.1) is 6.92 Å². The Balaban J connectivity index is 2.13. The Hall–Kier alpha value is -1.93. The molecule has 0 N–H and O–H groups in total. The van der Waals surface area contributed by atoms with Gasteiger partial charge in [0.1, 0.15) is 6.26 Å². The number of nitrogens with zero attached hydrogens (tertiary/aromatic N) is 1. The van der Waals surface area contributed by atoms with Crippen LogP contribution in [0.4, 0.5) is 11.6 Å². The number of aryl methyl sites for hydroxylation is 1. The highest BCUT2D eigenvalue weighted by Gasteiger charge is 2.14. The molecule has 0 atom stereocenters. The Morgan fingerprint density at radius 1 is 1.11 bits per heavy atom. The standard InChI is InChI=1S/C16H14ClNO/c1-11-7-8-13(17)9-15(11)18(2)16-14-6-4-3-5-12(14)10-19-16/h3-10H,1-2H3. The number of hydrogen-bond donors (Lipinski definition) is 0. The van der Waals surface area contributed by atoms with Crippen LogP contribution in [0.25, 0.3) is 10.8 Å². The van der Waals surface area contributed by atoms with Crippen LogP contribution in [0.1, 0.15) is 5.56 Å².